The molecule has 0 aliphatic heterocycles. The van der Waals surface area contributed by atoms with Gasteiger partial charge in [0.25, 0.3) is 0 Å². The molecular weight excluding hydrogens is 214 g/mol. The van der Waals surface area contributed by atoms with Gasteiger partial charge in [-0.15, -0.1) is 0 Å². The molecule has 2 N–H and O–H groups in total. The predicted octanol–water partition coefficient (Wildman–Crippen LogP) is 1.62. The van der Waals surface area contributed by atoms with Crippen molar-refractivity contribution < 1.29 is 0 Å². The molecule has 0 radical (unpaired) electrons. The molecule has 1 heterocycles. The van der Waals surface area contributed by atoms with Gasteiger partial charge in [0, 0.05) is 24.1 Å². The molecule has 2 aromatic rings. The highest BCUT2D eigenvalue weighted by atomic mass is 16.1. The number of anilines is 1. The quantitative estimate of drug-likeness (QED) is 0.813. The Morgan fingerprint density at radius 1 is 1.24 bits per heavy atom. The molecule has 0 unspecified atom stereocenters. The summed E-state index contributed by atoms with van der Waals surface area (Å²) in [5.74, 6) is 0. The summed E-state index contributed by atoms with van der Waals surface area (Å²) in [6, 6.07) is 8.08. The maximum atomic E-state index is 12.1. The van der Waals surface area contributed by atoms with Crippen LogP contribution < -0.4 is 11.4 Å². The molecule has 0 amide bonds. The molecule has 1 fully saturated rings. The van der Waals surface area contributed by atoms with E-state index < -0.39 is 0 Å². The SMILES string of the molecule is Nc1ccccc1Cn1ccn(C2CC2)c1=O. The summed E-state index contributed by atoms with van der Waals surface area (Å²) in [6.07, 6.45) is 5.96. The van der Waals surface area contributed by atoms with Crippen molar-refractivity contribution in [2.24, 2.45) is 0 Å². The number of hydrogen-bond donors (Lipinski definition) is 1. The van der Waals surface area contributed by atoms with E-state index in [1.165, 1.54) is 0 Å². The van der Waals surface area contributed by atoms with Gasteiger partial charge in [0.05, 0.1) is 6.54 Å². The molecule has 1 aromatic carbocycles. The summed E-state index contributed by atoms with van der Waals surface area (Å²) in [7, 11) is 0. The molecule has 1 aliphatic carbocycles. The zero-order chi connectivity index (χ0) is 11.8. The fraction of sp³-hybridized carbons (Fsp3) is 0.308. The average Bonchev–Trinajstić information content (AvgIpc) is 3.09. The first-order chi connectivity index (χ1) is 8.25. The topological polar surface area (TPSA) is 52.9 Å². The molecule has 0 atom stereocenters. The van der Waals surface area contributed by atoms with Crippen LogP contribution in [0.4, 0.5) is 5.69 Å². The Labute approximate surface area is 99.3 Å². The third-order valence-corrected chi connectivity index (χ3v) is 3.21. The number of imidazole rings is 1. The van der Waals surface area contributed by atoms with E-state index in [-0.39, 0.29) is 5.69 Å². The van der Waals surface area contributed by atoms with Crippen molar-refractivity contribution in [1.29, 1.82) is 0 Å². The lowest BCUT2D eigenvalue weighted by molar-refractivity contribution is 0.657. The van der Waals surface area contributed by atoms with Crippen LogP contribution in [0.1, 0.15) is 24.4 Å². The molecule has 4 heteroatoms. The summed E-state index contributed by atoms with van der Waals surface area (Å²) in [5.41, 5.74) is 7.66. The number of nitrogens with two attached hydrogens (primary N) is 1. The second-order valence-electron chi connectivity index (χ2n) is 4.55. The van der Waals surface area contributed by atoms with Crippen molar-refractivity contribution in [2.45, 2.75) is 25.4 Å². The summed E-state index contributed by atoms with van der Waals surface area (Å²) in [6.45, 7) is 0.547. The van der Waals surface area contributed by atoms with Gasteiger partial charge in [-0.1, -0.05) is 18.2 Å². The van der Waals surface area contributed by atoms with Gasteiger partial charge in [-0.25, -0.2) is 4.79 Å². The fourth-order valence-corrected chi connectivity index (χ4v) is 2.04. The highest BCUT2D eigenvalue weighted by Gasteiger charge is 2.25. The molecule has 1 aromatic heterocycles. The fourth-order valence-electron chi connectivity index (χ4n) is 2.04. The third kappa shape index (κ3) is 1.86. The molecule has 17 heavy (non-hydrogen) atoms. The van der Waals surface area contributed by atoms with Gasteiger partial charge in [0.1, 0.15) is 0 Å². The van der Waals surface area contributed by atoms with Crippen LogP contribution >= 0.6 is 0 Å². The van der Waals surface area contributed by atoms with E-state index in [4.69, 9.17) is 5.73 Å². The molecule has 88 valence electrons. The Morgan fingerprint density at radius 3 is 2.71 bits per heavy atom. The van der Waals surface area contributed by atoms with Crippen molar-refractivity contribution in [3.8, 4) is 0 Å². The second kappa shape index (κ2) is 3.80. The predicted molar refractivity (Wildman–Crippen MR) is 66.9 cm³/mol. The van der Waals surface area contributed by atoms with Crippen molar-refractivity contribution in [2.75, 3.05) is 5.73 Å². The third-order valence-electron chi connectivity index (χ3n) is 3.21. The molecule has 3 rings (SSSR count). The van der Waals surface area contributed by atoms with Gasteiger partial charge in [-0.2, -0.15) is 0 Å². The summed E-state index contributed by atoms with van der Waals surface area (Å²) >= 11 is 0. The van der Waals surface area contributed by atoms with Crippen LogP contribution in [-0.2, 0) is 6.54 Å². The molecule has 0 saturated heterocycles. The van der Waals surface area contributed by atoms with Crippen molar-refractivity contribution in [3.05, 3.63) is 52.7 Å². The van der Waals surface area contributed by atoms with Crippen molar-refractivity contribution in [3.63, 3.8) is 0 Å². The van der Waals surface area contributed by atoms with Crippen LogP contribution in [0.5, 0.6) is 0 Å². The molecule has 4 nitrogen and oxygen atoms in total. The minimum Gasteiger partial charge on any atom is -0.398 e. The number of hydrogen-bond acceptors (Lipinski definition) is 2. The van der Waals surface area contributed by atoms with Gasteiger partial charge in [-0.3, -0.25) is 9.13 Å². The maximum Gasteiger partial charge on any atom is 0.328 e. The number of aromatic nitrogens is 2. The van der Waals surface area contributed by atoms with E-state index in [9.17, 15) is 4.79 Å². The highest BCUT2D eigenvalue weighted by Crippen LogP contribution is 2.33. The number of rotatable bonds is 3. The lowest BCUT2D eigenvalue weighted by Gasteiger charge is -2.05. The van der Waals surface area contributed by atoms with Crippen LogP contribution in [0.3, 0.4) is 0 Å². The minimum atomic E-state index is 0.0655. The van der Waals surface area contributed by atoms with Gasteiger partial charge in [0.2, 0.25) is 0 Å². The Bertz CT molecular complexity index is 593. The largest absolute Gasteiger partial charge is 0.398 e. The van der Waals surface area contributed by atoms with Crippen molar-refractivity contribution >= 4 is 5.69 Å². The zero-order valence-electron chi connectivity index (χ0n) is 9.54. The molecule has 0 spiro atoms. The zero-order valence-corrected chi connectivity index (χ0v) is 9.54. The van der Waals surface area contributed by atoms with Crippen LogP contribution in [0, 0.1) is 0 Å². The Balaban J connectivity index is 1.91. The van der Waals surface area contributed by atoms with E-state index in [1.807, 2.05) is 41.2 Å². The average molecular weight is 229 g/mol. The van der Waals surface area contributed by atoms with Crippen LogP contribution in [0.25, 0.3) is 0 Å². The van der Waals surface area contributed by atoms with Crippen LogP contribution in [0.15, 0.2) is 41.5 Å². The maximum absolute atomic E-state index is 12.1. The second-order valence-corrected chi connectivity index (χ2v) is 4.55. The normalized spacial score (nSPS) is 15.1. The highest BCUT2D eigenvalue weighted by molar-refractivity contribution is 5.46. The summed E-state index contributed by atoms with van der Waals surface area (Å²) in [4.78, 5) is 12.1. The van der Waals surface area contributed by atoms with Gasteiger partial charge in [-0.05, 0) is 24.5 Å². The van der Waals surface area contributed by atoms with E-state index in [2.05, 4.69) is 0 Å². The van der Waals surface area contributed by atoms with E-state index >= 15 is 0 Å². The first-order valence-electron chi connectivity index (χ1n) is 5.86. The first-order valence-corrected chi connectivity index (χ1v) is 5.86. The summed E-state index contributed by atoms with van der Waals surface area (Å²) < 4.78 is 3.53. The van der Waals surface area contributed by atoms with E-state index in [1.54, 1.807) is 4.57 Å². The van der Waals surface area contributed by atoms with E-state index in [0.717, 1.165) is 24.1 Å². The minimum absolute atomic E-state index is 0.0655. The standard InChI is InChI=1S/C13H15N3O/c14-12-4-2-1-3-10(12)9-15-7-8-16(13(15)17)11-5-6-11/h1-4,7-8,11H,5-6,9,14H2. The first kappa shape index (κ1) is 10.2. The molecular formula is C13H15N3O. The smallest absolute Gasteiger partial charge is 0.328 e. The monoisotopic (exact) mass is 229 g/mol. The van der Waals surface area contributed by atoms with Gasteiger partial charge >= 0.3 is 5.69 Å². The Kier molecular flexibility index (Phi) is 2.28. The van der Waals surface area contributed by atoms with Crippen molar-refractivity contribution in [1.82, 2.24) is 9.13 Å². The van der Waals surface area contributed by atoms with Gasteiger partial charge < -0.3 is 5.73 Å². The number of nitrogen functional groups attached to an aromatic ring is 1. The van der Waals surface area contributed by atoms with Crippen LogP contribution in [-0.4, -0.2) is 9.13 Å². The lowest BCUT2D eigenvalue weighted by Crippen LogP contribution is -2.24. The number of nitrogens with zero attached hydrogens (tertiary/aromatic N) is 2. The number of benzene rings is 1. The Hall–Kier alpha value is -1.97. The molecule has 1 saturated carbocycles. The van der Waals surface area contributed by atoms with Crippen LogP contribution in [0.2, 0.25) is 0 Å². The molecule has 0 bridgehead atoms. The summed E-state index contributed by atoms with van der Waals surface area (Å²) in [5, 5.41) is 0. The van der Waals surface area contributed by atoms with Gasteiger partial charge in [0.15, 0.2) is 0 Å². The lowest BCUT2D eigenvalue weighted by atomic mass is 10.2. The number of para-hydroxylation sites is 1. The van der Waals surface area contributed by atoms with E-state index in [0.29, 0.717) is 12.6 Å². The Morgan fingerprint density at radius 2 is 2.00 bits per heavy atom. The molecule has 1 aliphatic rings.